The largest absolute Gasteiger partial charge is 0.325 e. The summed E-state index contributed by atoms with van der Waals surface area (Å²) < 4.78 is 26.4. The highest BCUT2D eigenvalue weighted by atomic mass is 32.2. The van der Waals surface area contributed by atoms with Crippen LogP contribution in [0, 0.1) is 0 Å². The number of sulfonamides is 1. The zero-order chi connectivity index (χ0) is 18.6. The van der Waals surface area contributed by atoms with Crippen LogP contribution in [0.5, 0.6) is 0 Å². The first-order chi connectivity index (χ1) is 12.5. The van der Waals surface area contributed by atoms with E-state index in [0.29, 0.717) is 26.2 Å². The molecule has 26 heavy (non-hydrogen) atoms. The SMILES string of the molecule is O=c1[nH]cc(S(=O)(=O)N2CCN(CC=Cc3ccccc3)CC2)c(=O)[nH]1. The summed E-state index contributed by atoms with van der Waals surface area (Å²) in [5.41, 5.74) is -0.517. The first-order valence-electron chi connectivity index (χ1n) is 8.23. The Balaban J connectivity index is 1.60. The predicted octanol–water partition coefficient (Wildman–Crippen LogP) is 0.0829. The third-order valence-corrected chi connectivity index (χ3v) is 6.11. The smallest absolute Gasteiger partial charge is 0.313 e. The van der Waals surface area contributed by atoms with Crippen molar-refractivity contribution in [2.45, 2.75) is 4.90 Å². The molecule has 1 aliphatic rings. The molecule has 8 nitrogen and oxygen atoms in total. The monoisotopic (exact) mass is 376 g/mol. The minimum absolute atomic E-state index is 0.292. The van der Waals surface area contributed by atoms with E-state index in [-0.39, 0.29) is 0 Å². The normalized spacial score (nSPS) is 16.9. The Morgan fingerprint density at radius 1 is 1.04 bits per heavy atom. The Kier molecular flexibility index (Phi) is 5.50. The summed E-state index contributed by atoms with van der Waals surface area (Å²) in [5, 5.41) is 0. The number of benzene rings is 1. The van der Waals surface area contributed by atoms with Crippen molar-refractivity contribution in [1.29, 1.82) is 0 Å². The van der Waals surface area contributed by atoms with Crippen molar-refractivity contribution in [2.24, 2.45) is 0 Å². The van der Waals surface area contributed by atoms with E-state index in [2.05, 4.69) is 9.88 Å². The molecule has 1 saturated heterocycles. The van der Waals surface area contributed by atoms with E-state index in [0.717, 1.165) is 18.3 Å². The quantitative estimate of drug-likeness (QED) is 0.769. The molecule has 2 aromatic rings. The van der Waals surface area contributed by atoms with Crippen LogP contribution in [-0.4, -0.2) is 60.3 Å². The Labute approximate surface area is 150 Å². The molecule has 0 amide bonds. The van der Waals surface area contributed by atoms with Gasteiger partial charge >= 0.3 is 5.69 Å². The van der Waals surface area contributed by atoms with Gasteiger partial charge in [0, 0.05) is 38.9 Å². The van der Waals surface area contributed by atoms with Crippen LogP contribution < -0.4 is 11.2 Å². The Bertz CT molecular complexity index is 987. The number of nitrogens with zero attached hydrogens (tertiary/aromatic N) is 2. The highest BCUT2D eigenvalue weighted by Crippen LogP contribution is 2.13. The molecule has 1 aliphatic heterocycles. The molecule has 1 fully saturated rings. The number of piperazine rings is 1. The van der Waals surface area contributed by atoms with Crippen LogP contribution in [0.15, 0.2) is 57.1 Å². The van der Waals surface area contributed by atoms with Gasteiger partial charge in [0.15, 0.2) is 4.90 Å². The lowest BCUT2D eigenvalue weighted by atomic mass is 10.2. The van der Waals surface area contributed by atoms with Crippen molar-refractivity contribution in [2.75, 3.05) is 32.7 Å². The van der Waals surface area contributed by atoms with Crippen molar-refractivity contribution >= 4 is 16.1 Å². The predicted molar refractivity (Wildman–Crippen MR) is 98.4 cm³/mol. The lowest BCUT2D eigenvalue weighted by Gasteiger charge is -2.33. The van der Waals surface area contributed by atoms with Crippen LogP contribution in [0.2, 0.25) is 0 Å². The van der Waals surface area contributed by atoms with Gasteiger partial charge in [0.2, 0.25) is 10.0 Å². The lowest BCUT2D eigenvalue weighted by molar-refractivity contribution is 0.204. The molecule has 0 aliphatic carbocycles. The highest BCUT2D eigenvalue weighted by Gasteiger charge is 2.30. The van der Waals surface area contributed by atoms with Crippen molar-refractivity contribution in [3.63, 3.8) is 0 Å². The van der Waals surface area contributed by atoms with E-state index >= 15 is 0 Å². The lowest BCUT2D eigenvalue weighted by Crippen LogP contribution is -2.49. The van der Waals surface area contributed by atoms with Crippen LogP contribution in [0.3, 0.4) is 0 Å². The summed E-state index contributed by atoms with van der Waals surface area (Å²) in [6.07, 6.45) is 5.03. The van der Waals surface area contributed by atoms with Gasteiger partial charge in [0.25, 0.3) is 5.56 Å². The second kappa shape index (κ2) is 7.81. The first kappa shape index (κ1) is 18.3. The number of hydrogen-bond acceptors (Lipinski definition) is 5. The van der Waals surface area contributed by atoms with Gasteiger partial charge in [-0.3, -0.25) is 14.7 Å². The Morgan fingerprint density at radius 2 is 1.73 bits per heavy atom. The van der Waals surface area contributed by atoms with E-state index in [4.69, 9.17) is 0 Å². The summed E-state index contributed by atoms with van der Waals surface area (Å²) in [6.45, 7) is 2.45. The summed E-state index contributed by atoms with van der Waals surface area (Å²) in [5.74, 6) is 0. The van der Waals surface area contributed by atoms with Crippen molar-refractivity contribution < 1.29 is 8.42 Å². The van der Waals surface area contributed by atoms with Crippen LogP contribution >= 0.6 is 0 Å². The van der Waals surface area contributed by atoms with Crippen molar-refractivity contribution in [1.82, 2.24) is 19.2 Å². The van der Waals surface area contributed by atoms with Gasteiger partial charge in [-0.15, -0.1) is 0 Å². The molecule has 0 radical (unpaired) electrons. The maximum Gasteiger partial charge on any atom is 0.325 e. The average molecular weight is 376 g/mol. The van der Waals surface area contributed by atoms with Gasteiger partial charge < -0.3 is 4.98 Å². The van der Waals surface area contributed by atoms with Gasteiger partial charge in [0.05, 0.1) is 0 Å². The molecule has 1 aromatic heterocycles. The molecular formula is C17H20N4O4S. The van der Waals surface area contributed by atoms with E-state index in [1.54, 1.807) is 0 Å². The summed E-state index contributed by atoms with van der Waals surface area (Å²) >= 11 is 0. The number of aromatic nitrogens is 2. The molecular weight excluding hydrogens is 356 g/mol. The molecule has 0 unspecified atom stereocenters. The fourth-order valence-electron chi connectivity index (χ4n) is 2.78. The van der Waals surface area contributed by atoms with Crippen LogP contribution in [0.4, 0.5) is 0 Å². The van der Waals surface area contributed by atoms with Crippen LogP contribution in [0.1, 0.15) is 5.56 Å². The number of nitrogens with one attached hydrogen (secondary N) is 2. The van der Waals surface area contributed by atoms with Gasteiger partial charge in [-0.25, -0.2) is 13.2 Å². The standard InChI is InChI=1S/C17H20N4O4S/c22-16-15(13-18-17(23)19-16)26(24,25)21-11-9-20(10-12-21)8-4-7-14-5-2-1-3-6-14/h1-7,13H,8-12H2,(H2,18,19,22,23). The van der Waals surface area contributed by atoms with Crippen LogP contribution in [-0.2, 0) is 10.0 Å². The van der Waals surface area contributed by atoms with E-state index in [1.807, 2.05) is 47.5 Å². The second-order valence-corrected chi connectivity index (χ2v) is 7.86. The number of hydrogen-bond donors (Lipinski definition) is 2. The average Bonchev–Trinajstić information content (AvgIpc) is 2.63. The first-order valence-corrected chi connectivity index (χ1v) is 9.67. The third kappa shape index (κ3) is 4.18. The fourth-order valence-corrected chi connectivity index (χ4v) is 4.20. The summed E-state index contributed by atoms with van der Waals surface area (Å²) in [4.78, 5) is 28.7. The Morgan fingerprint density at radius 3 is 2.38 bits per heavy atom. The molecule has 9 heteroatoms. The molecule has 0 atom stereocenters. The van der Waals surface area contributed by atoms with Gasteiger partial charge in [-0.2, -0.15) is 4.31 Å². The molecule has 0 saturated carbocycles. The maximum absolute atomic E-state index is 12.6. The topological polar surface area (TPSA) is 106 Å². The maximum atomic E-state index is 12.6. The second-order valence-electron chi connectivity index (χ2n) is 5.95. The van der Waals surface area contributed by atoms with Crippen LogP contribution in [0.25, 0.3) is 6.08 Å². The molecule has 1 aromatic carbocycles. The fraction of sp³-hybridized carbons (Fsp3) is 0.294. The molecule has 2 N–H and O–H groups in total. The number of rotatable bonds is 5. The van der Waals surface area contributed by atoms with E-state index < -0.39 is 26.2 Å². The minimum atomic E-state index is -3.92. The highest BCUT2D eigenvalue weighted by molar-refractivity contribution is 7.89. The summed E-state index contributed by atoms with van der Waals surface area (Å²) in [7, 11) is -3.92. The minimum Gasteiger partial charge on any atom is -0.313 e. The Hall–Kier alpha value is -2.49. The van der Waals surface area contributed by atoms with Crippen molar-refractivity contribution in [3.05, 3.63) is 69.0 Å². The van der Waals surface area contributed by atoms with Gasteiger partial charge in [-0.1, -0.05) is 42.5 Å². The molecule has 3 rings (SSSR count). The number of aromatic amines is 2. The number of H-pyrrole nitrogens is 2. The van der Waals surface area contributed by atoms with Gasteiger partial charge in [-0.05, 0) is 5.56 Å². The van der Waals surface area contributed by atoms with E-state index in [1.165, 1.54) is 4.31 Å². The summed E-state index contributed by atoms with van der Waals surface area (Å²) in [6, 6.07) is 9.94. The molecule has 0 bridgehead atoms. The van der Waals surface area contributed by atoms with Crippen molar-refractivity contribution in [3.8, 4) is 0 Å². The molecule has 2 heterocycles. The van der Waals surface area contributed by atoms with Gasteiger partial charge in [0.1, 0.15) is 0 Å². The molecule has 138 valence electrons. The molecule has 0 spiro atoms. The zero-order valence-corrected chi connectivity index (χ0v) is 14.9. The van der Waals surface area contributed by atoms with E-state index in [9.17, 15) is 18.0 Å². The zero-order valence-electron chi connectivity index (χ0n) is 14.1. The third-order valence-electron chi connectivity index (χ3n) is 4.21.